The predicted octanol–water partition coefficient (Wildman–Crippen LogP) is 0.568. The van der Waals surface area contributed by atoms with Gasteiger partial charge < -0.3 is 14.9 Å². The number of carboxylic acid groups (broad SMARTS) is 1. The molecule has 2 saturated heterocycles. The molecule has 20 heavy (non-hydrogen) atoms. The molecule has 2 rings (SSSR count). The van der Waals surface area contributed by atoms with Gasteiger partial charge in [-0.05, 0) is 25.7 Å². The van der Waals surface area contributed by atoms with Gasteiger partial charge in [-0.2, -0.15) is 0 Å². The van der Waals surface area contributed by atoms with E-state index in [4.69, 9.17) is 5.11 Å². The molecule has 0 spiro atoms. The first-order valence-corrected chi connectivity index (χ1v) is 7.26. The minimum absolute atomic E-state index is 0.00743. The van der Waals surface area contributed by atoms with Crippen LogP contribution in [0, 0.1) is 11.8 Å². The fraction of sp³-hybridized carbons (Fsp3) is 0.786. The zero-order valence-electron chi connectivity index (χ0n) is 11.9. The fourth-order valence-electron chi connectivity index (χ4n) is 3.05. The van der Waals surface area contributed by atoms with Crippen molar-refractivity contribution in [3.05, 3.63) is 0 Å². The lowest BCUT2D eigenvalue weighted by Gasteiger charge is -2.36. The number of piperidine rings is 2. The Balaban J connectivity index is 1.81. The standard InChI is InChI=1S/C14H22N2O4/c1-10(17)15-6-2-11(3-7-15)13(18)16-8-4-12(5-9-16)14(19)20/h11-12H,2-9H2,1H3,(H,19,20). The molecule has 1 N–H and O–H groups in total. The predicted molar refractivity (Wildman–Crippen MR) is 71.9 cm³/mol. The van der Waals surface area contributed by atoms with Crippen LogP contribution in [0.4, 0.5) is 0 Å². The Morgan fingerprint density at radius 2 is 1.30 bits per heavy atom. The number of hydrogen-bond acceptors (Lipinski definition) is 3. The summed E-state index contributed by atoms with van der Waals surface area (Å²) in [6.07, 6.45) is 2.54. The second-order valence-corrected chi connectivity index (χ2v) is 5.72. The van der Waals surface area contributed by atoms with Crippen LogP contribution in [0.25, 0.3) is 0 Å². The van der Waals surface area contributed by atoms with Gasteiger partial charge in [0.05, 0.1) is 5.92 Å². The third kappa shape index (κ3) is 3.29. The number of carbonyl (C=O) groups excluding carboxylic acids is 2. The molecule has 2 fully saturated rings. The number of amides is 2. The maximum absolute atomic E-state index is 12.4. The lowest BCUT2D eigenvalue weighted by atomic mass is 9.92. The summed E-state index contributed by atoms with van der Waals surface area (Å²) in [7, 11) is 0. The molecule has 112 valence electrons. The van der Waals surface area contributed by atoms with Gasteiger partial charge in [0, 0.05) is 39.0 Å². The molecule has 0 atom stereocenters. The summed E-state index contributed by atoms with van der Waals surface area (Å²) < 4.78 is 0. The Morgan fingerprint density at radius 3 is 1.75 bits per heavy atom. The molecule has 6 heteroatoms. The molecule has 0 bridgehead atoms. The van der Waals surface area contributed by atoms with Gasteiger partial charge >= 0.3 is 5.97 Å². The van der Waals surface area contributed by atoms with Crippen molar-refractivity contribution in [1.82, 2.24) is 9.80 Å². The second-order valence-electron chi connectivity index (χ2n) is 5.72. The summed E-state index contributed by atoms with van der Waals surface area (Å²) in [6, 6.07) is 0. The molecule has 2 amide bonds. The minimum atomic E-state index is -0.758. The normalized spacial score (nSPS) is 21.9. The Hall–Kier alpha value is -1.59. The van der Waals surface area contributed by atoms with Gasteiger partial charge in [-0.25, -0.2) is 0 Å². The van der Waals surface area contributed by atoms with Crippen molar-refractivity contribution in [2.24, 2.45) is 11.8 Å². The molecule has 0 aromatic rings. The summed E-state index contributed by atoms with van der Waals surface area (Å²) in [5.41, 5.74) is 0. The first-order chi connectivity index (χ1) is 9.49. The van der Waals surface area contributed by atoms with Crippen molar-refractivity contribution in [2.45, 2.75) is 32.6 Å². The van der Waals surface area contributed by atoms with E-state index in [1.807, 2.05) is 0 Å². The summed E-state index contributed by atoms with van der Waals surface area (Å²) in [5, 5.41) is 8.95. The number of carboxylic acids is 1. The van der Waals surface area contributed by atoms with E-state index >= 15 is 0 Å². The quantitative estimate of drug-likeness (QED) is 0.803. The highest BCUT2D eigenvalue weighted by molar-refractivity contribution is 5.80. The Morgan fingerprint density at radius 1 is 0.850 bits per heavy atom. The van der Waals surface area contributed by atoms with Crippen LogP contribution < -0.4 is 0 Å². The molecule has 0 aromatic carbocycles. The highest BCUT2D eigenvalue weighted by atomic mass is 16.4. The number of rotatable bonds is 2. The van der Waals surface area contributed by atoms with Crippen LogP contribution in [-0.2, 0) is 14.4 Å². The van der Waals surface area contributed by atoms with E-state index in [0.29, 0.717) is 39.0 Å². The lowest BCUT2D eigenvalue weighted by Crippen LogP contribution is -2.46. The number of likely N-dealkylation sites (tertiary alicyclic amines) is 2. The molecular weight excluding hydrogens is 260 g/mol. The van der Waals surface area contributed by atoms with Crippen molar-refractivity contribution in [3.63, 3.8) is 0 Å². The molecule has 0 aliphatic carbocycles. The number of carbonyl (C=O) groups is 3. The third-order valence-electron chi connectivity index (χ3n) is 4.45. The van der Waals surface area contributed by atoms with Crippen molar-refractivity contribution in [2.75, 3.05) is 26.2 Å². The van der Waals surface area contributed by atoms with Crippen molar-refractivity contribution in [1.29, 1.82) is 0 Å². The van der Waals surface area contributed by atoms with Gasteiger partial charge in [0.15, 0.2) is 0 Å². The average molecular weight is 282 g/mol. The zero-order valence-corrected chi connectivity index (χ0v) is 11.9. The smallest absolute Gasteiger partial charge is 0.306 e. The SMILES string of the molecule is CC(=O)N1CCC(C(=O)N2CCC(C(=O)O)CC2)CC1. The van der Waals surface area contributed by atoms with E-state index in [0.717, 1.165) is 12.8 Å². The van der Waals surface area contributed by atoms with Crippen LogP contribution in [0.15, 0.2) is 0 Å². The highest BCUT2D eigenvalue weighted by Crippen LogP contribution is 2.23. The summed E-state index contributed by atoms with van der Waals surface area (Å²) >= 11 is 0. The van der Waals surface area contributed by atoms with Gasteiger partial charge in [0.2, 0.25) is 11.8 Å². The van der Waals surface area contributed by atoms with E-state index in [9.17, 15) is 14.4 Å². The second kappa shape index (κ2) is 6.24. The molecule has 2 heterocycles. The van der Waals surface area contributed by atoms with E-state index in [2.05, 4.69) is 0 Å². The van der Waals surface area contributed by atoms with Crippen molar-refractivity contribution < 1.29 is 19.5 Å². The Bertz CT molecular complexity index is 358. The molecule has 0 unspecified atom stereocenters. The largest absolute Gasteiger partial charge is 0.481 e. The Kier molecular flexibility index (Phi) is 4.62. The van der Waals surface area contributed by atoms with E-state index < -0.39 is 5.97 Å². The average Bonchev–Trinajstić information content (AvgIpc) is 2.46. The molecule has 6 nitrogen and oxygen atoms in total. The van der Waals surface area contributed by atoms with Crippen LogP contribution in [0.1, 0.15) is 32.6 Å². The fourth-order valence-corrected chi connectivity index (χ4v) is 3.05. The lowest BCUT2D eigenvalue weighted by molar-refractivity contribution is -0.147. The van der Waals surface area contributed by atoms with Crippen molar-refractivity contribution >= 4 is 17.8 Å². The van der Waals surface area contributed by atoms with Gasteiger partial charge in [0.25, 0.3) is 0 Å². The summed E-state index contributed by atoms with van der Waals surface area (Å²) in [6.45, 7) is 3.94. The maximum atomic E-state index is 12.4. The molecule has 2 aliphatic rings. The minimum Gasteiger partial charge on any atom is -0.481 e. The molecular formula is C14H22N2O4. The molecule has 0 aromatic heterocycles. The number of aliphatic carboxylic acids is 1. The zero-order chi connectivity index (χ0) is 14.7. The van der Waals surface area contributed by atoms with E-state index in [1.54, 1.807) is 16.7 Å². The number of nitrogens with zero attached hydrogens (tertiary/aromatic N) is 2. The van der Waals surface area contributed by atoms with Gasteiger partial charge in [0.1, 0.15) is 0 Å². The first kappa shape index (κ1) is 14.8. The van der Waals surface area contributed by atoms with Gasteiger partial charge in [-0.1, -0.05) is 0 Å². The van der Waals surface area contributed by atoms with E-state index in [1.165, 1.54) is 0 Å². The van der Waals surface area contributed by atoms with Crippen LogP contribution in [0.3, 0.4) is 0 Å². The number of hydrogen-bond donors (Lipinski definition) is 1. The van der Waals surface area contributed by atoms with Gasteiger partial charge in [-0.3, -0.25) is 14.4 Å². The monoisotopic (exact) mass is 282 g/mol. The van der Waals surface area contributed by atoms with E-state index in [-0.39, 0.29) is 23.7 Å². The van der Waals surface area contributed by atoms with Crippen LogP contribution in [0.2, 0.25) is 0 Å². The first-order valence-electron chi connectivity index (χ1n) is 7.26. The topological polar surface area (TPSA) is 77.9 Å². The van der Waals surface area contributed by atoms with Crippen LogP contribution in [-0.4, -0.2) is 58.9 Å². The molecule has 0 radical (unpaired) electrons. The maximum Gasteiger partial charge on any atom is 0.306 e. The van der Waals surface area contributed by atoms with Crippen LogP contribution in [0.5, 0.6) is 0 Å². The third-order valence-corrected chi connectivity index (χ3v) is 4.45. The summed E-state index contributed by atoms with van der Waals surface area (Å²) in [5.74, 6) is -0.868. The highest BCUT2D eigenvalue weighted by Gasteiger charge is 2.32. The molecule has 0 saturated carbocycles. The molecule has 2 aliphatic heterocycles. The Labute approximate surface area is 118 Å². The van der Waals surface area contributed by atoms with Crippen LogP contribution >= 0.6 is 0 Å². The van der Waals surface area contributed by atoms with Gasteiger partial charge in [-0.15, -0.1) is 0 Å². The summed E-state index contributed by atoms with van der Waals surface area (Å²) in [4.78, 5) is 38.1. The van der Waals surface area contributed by atoms with Crippen molar-refractivity contribution in [3.8, 4) is 0 Å².